The van der Waals surface area contributed by atoms with E-state index in [4.69, 9.17) is 4.74 Å². The summed E-state index contributed by atoms with van der Waals surface area (Å²) >= 11 is 0. The lowest BCUT2D eigenvalue weighted by molar-refractivity contribution is 0.0519. The lowest BCUT2D eigenvalue weighted by Crippen LogP contribution is -2.09. The molecular weight excluding hydrogens is 266 g/mol. The van der Waals surface area contributed by atoms with Crippen molar-refractivity contribution in [2.24, 2.45) is 0 Å². The molecule has 0 amide bonds. The van der Waals surface area contributed by atoms with Gasteiger partial charge < -0.3 is 9.72 Å². The highest BCUT2D eigenvalue weighted by molar-refractivity contribution is 6.01. The summed E-state index contributed by atoms with van der Waals surface area (Å²) in [7, 11) is 0. The minimum atomic E-state index is -0.418. The molecule has 2 aromatic rings. The van der Waals surface area contributed by atoms with Crippen molar-refractivity contribution in [3.8, 4) is 0 Å². The zero-order valence-corrected chi connectivity index (χ0v) is 12.5. The van der Waals surface area contributed by atoms with Crippen LogP contribution in [0.3, 0.4) is 0 Å². The molecule has 0 atom stereocenters. The van der Waals surface area contributed by atoms with E-state index in [-0.39, 0.29) is 5.78 Å². The molecule has 1 aromatic carbocycles. The van der Waals surface area contributed by atoms with Gasteiger partial charge in [0.25, 0.3) is 0 Å². The number of aromatic nitrogens is 1. The Morgan fingerprint density at radius 3 is 2.43 bits per heavy atom. The Morgan fingerprint density at radius 2 is 1.86 bits per heavy atom. The third-order valence-electron chi connectivity index (χ3n) is 3.35. The Hall–Kier alpha value is -2.36. The average molecular weight is 285 g/mol. The van der Waals surface area contributed by atoms with Crippen molar-refractivity contribution in [3.63, 3.8) is 0 Å². The van der Waals surface area contributed by atoms with Crippen LogP contribution in [0, 0.1) is 6.92 Å². The number of aryl methyl sites for hydroxylation is 1. The standard InChI is InChI=1S/C17H19NO3/c1-4-21-17(20)16-14(10-13-8-6-5-7-9-13)15(12(3)19)11(2)18-16/h5-9,18H,4,10H2,1-3H3. The molecule has 4 nitrogen and oxygen atoms in total. The van der Waals surface area contributed by atoms with Crippen LogP contribution in [0.25, 0.3) is 0 Å². The molecule has 0 aliphatic rings. The van der Waals surface area contributed by atoms with Crippen LogP contribution in [0.4, 0.5) is 0 Å². The van der Waals surface area contributed by atoms with Gasteiger partial charge in [-0.15, -0.1) is 0 Å². The van der Waals surface area contributed by atoms with Crippen LogP contribution in [0.5, 0.6) is 0 Å². The van der Waals surface area contributed by atoms with E-state index < -0.39 is 5.97 Å². The largest absolute Gasteiger partial charge is 0.461 e. The minimum absolute atomic E-state index is 0.0507. The van der Waals surface area contributed by atoms with Crippen LogP contribution in [-0.4, -0.2) is 23.3 Å². The summed E-state index contributed by atoms with van der Waals surface area (Å²) in [6.45, 7) is 5.38. The number of hydrogen-bond donors (Lipinski definition) is 1. The third-order valence-corrected chi connectivity index (χ3v) is 3.35. The van der Waals surface area contributed by atoms with Gasteiger partial charge >= 0.3 is 5.97 Å². The van der Waals surface area contributed by atoms with E-state index in [1.165, 1.54) is 6.92 Å². The number of carbonyl (C=O) groups excluding carboxylic acids is 2. The van der Waals surface area contributed by atoms with Gasteiger partial charge in [0.2, 0.25) is 0 Å². The molecule has 0 saturated carbocycles. The molecule has 110 valence electrons. The average Bonchev–Trinajstić information content (AvgIpc) is 2.77. The Labute approximate surface area is 124 Å². The van der Waals surface area contributed by atoms with Gasteiger partial charge in [-0.25, -0.2) is 4.79 Å². The summed E-state index contributed by atoms with van der Waals surface area (Å²) in [5.74, 6) is -0.468. The maximum atomic E-state index is 12.1. The first kappa shape index (κ1) is 15.0. The fraction of sp³-hybridized carbons (Fsp3) is 0.294. The normalized spacial score (nSPS) is 10.4. The maximum Gasteiger partial charge on any atom is 0.355 e. The van der Waals surface area contributed by atoms with Crippen molar-refractivity contribution in [1.29, 1.82) is 0 Å². The predicted molar refractivity (Wildman–Crippen MR) is 80.7 cm³/mol. The molecule has 1 heterocycles. The summed E-state index contributed by atoms with van der Waals surface area (Å²) < 4.78 is 5.07. The maximum absolute atomic E-state index is 12.1. The van der Waals surface area contributed by atoms with Gasteiger partial charge in [-0.2, -0.15) is 0 Å². The molecule has 4 heteroatoms. The Balaban J connectivity index is 2.49. The molecule has 1 N–H and O–H groups in total. The monoisotopic (exact) mass is 285 g/mol. The molecule has 0 bridgehead atoms. The zero-order valence-electron chi connectivity index (χ0n) is 12.5. The van der Waals surface area contributed by atoms with Gasteiger partial charge in [0.15, 0.2) is 5.78 Å². The van der Waals surface area contributed by atoms with Crippen molar-refractivity contribution in [1.82, 2.24) is 4.98 Å². The number of rotatable bonds is 5. The minimum Gasteiger partial charge on any atom is -0.461 e. The van der Waals surface area contributed by atoms with E-state index in [0.29, 0.717) is 35.5 Å². The summed E-state index contributed by atoms with van der Waals surface area (Å²) in [5, 5.41) is 0. The highest BCUT2D eigenvalue weighted by Gasteiger charge is 2.23. The number of nitrogens with one attached hydrogen (secondary N) is 1. The molecule has 0 fully saturated rings. The van der Waals surface area contributed by atoms with Crippen LogP contribution in [0.1, 0.15) is 51.5 Å². The van der Waals surface area contributed by atoms with E-state index >= 15 is 0 Å². The molecule has 2 rings (SSSR count). The van der Waals surface area contributed by atoms with Crippen LogP contribution in [0.15, 0.2) is 30.3 Å². The number of aromatic amines is 1. The number of esters is 1. The number of benzene rings is 1. The number of ether oxygens (including phenoxy) is 1. The molecular formula is C17H19NO3. The summed E-state index contributed by atoms with van der Waals surface area (Å²) in [4.78, 5) is 27.0. The molecule has 0 aliphatic heterocycles. The number of H-pyrrole nitrogens is 1. The molecule has 0 spiro atoms. The van der Waals surface area contributed by atoms with Crippen LogP contribution in [0.2, 0.25) is 0 Å². The Bertz CT molecular complexity index is 656. The van der Waals surface area contributed by atoms with Gasteiger partial charge in [-0.1, -0.05) is 30.3 Å². The topological polar surface area (TPSA) is 59.2 Å². The van der Waals surface area contributed by atoms with Crippen molar-refractivity contribution < 1.29 is 14.3 Å². The fourth-order valence-electron chi connectivity index (χ4n) is 2.51. The quantitative estimate of drug-likeness (QED) is 0.677. The molecule has 1 aromatic heterocycles. The highest BCUT2D eigenvalue weighted by Crippen LogP contribution is 2.23. The lowest BCUT2D eigenvalue weighted by atomic mass is 9.98. The molecule has 0 radical (unpaired) electrons. The zero-order chi connectivity index (χ0) is 15.4. The molecule has 0 aliphatic carbocycles. The van der Waals surface area contributed by atoms with E-state index in [2.05, 4.69) is 4.98 Å². The highest BCUT2D eigenvalue weighted by atomic mass is 16.5. The van der Waals surface area contributed by atoms with Gasteiger partial charge in [0.1, 0.15) is 5.69 Å². The van der Waals surface area contributed by atoms with E-state index in [0.717, 1.165) is 5.56 Å². The first-order valence-electron chi connectivity index (χ1n) is 6.98. The number of carbonyl (C=O) groups is 2. The summed E-state index contributed by atoms with van der Waals surface area (Å²) in [6.07, 6.45) is 0.522. The van der Waals surface area contributed by atoms with Crippen molar-refractivity contribution in [3.05, 3.63) is 58.4 Å². The van der Waals surface area contributed by atoms with Gasteiger partial charge in [-0.05, 0) is 31.9 Å². The smallest absolute Gasteiger partial charge is 0.355 e. The van der Waals surface area contributed by atoms with Crippen molar-refractivity contribution >= 4 is 11.8 Å². The van der Waals surface area contributed by atoms with Crippen LogP contribution in [-0.2, 0) is 11.2 Å². The van der Waals surface area contributed by atoms with E-state index in [1.807, 2.05) is 30.3 Å². The Kier molecular flexibility index (Phi) is 4.58. The van der Waals surface area contributed by atoms with Gasteiger partial charge in [0, 0.05) is 17.7 Å². The number of hydrogen-bond acceptors (Lipinski definition) is 3. The van der Waals surface area contributed by atoms with Gasteiger partial charge in [-0.3, -0.25) is 4.79 Å². The van der Waals surface area contributed by atoms with Crippen molar-refractivity contribution in [2.45, 2.75) is 27.2 Å². The lowest BCUT2D eigenvalue weighted by Gasteiger charge is -2.06. The molecule has 0 saturated heterocycles. The van der Waals surface area contributed by atoms with E-state index in [9.17, 15) is 9.59 Å². The fourth-order valence-corrected chi connectivity index (χ4v) is 2.51. The third kappa shape index (κ3) is 3.21. The van der Waals surface area contributed by atoms with Crippen LogP contribution < -0.4 is 0 Å². The number of Topliss-reactive ketones (excluding diaryl/α,β-unsaturated/α-hetero) is 1. The second-order valence-electron chi connectivity index (χ2n) is 4.92. The Morgan fingerprint density at radius 1 is 1.19 bits per heavy atom. The van der Waals surface area contributed by atoms with Crippen molar-refractivity contribution in [2.75, 3.05) is 6.61 Å². The number of ketones is 1. The first-order valence-corrected chi connectivity index (χ1v) is 6.98. The molecule has 0 unspecified atom stereocenters. The summed E-state index contributed by atoms with van der Waals surface area (Å²) in [6, 6.07) is 9.75. The predicted octanol–water partition coefficient (Wildman–Crippen LogP) is 3.29. The second-order valence-corrected chi connectivity index (χ2v) is 4.92. The second kappa shape index (κ2) is 6.39. The molecule has 21 heavy (non-hydrogen) atoms. The van der Waals surface area contributed by atoms with Gasteiger partial charge in [0.05, 0.1) is 6.61 Å². The SMILES string of the molecule is CCOC(=O)c1[nH]c(C)c(C(C)=O)c1Cc1ccccc1. The first-order chi connectivity index (χ1) is 10.0. The van der Waals surface area contributed by atoms with Crippen LogP contribution >= 0.6 is 0 Å². The summed E-state index contributed by atoms with van der Waals surface area (Å²) in [5.41, 5.74) is 3.43. The van der Waals surface area contributed by atoms with E-state index in [1.54, 1.807) is 13.8 Å².